The zero-order valence-electron chi connectivity index (χ0n) is 17.7. The molecule has 1 saturated carbocycles. The lowest BCUT2D eigenvalue weighted by Gasteiger charge is -2.15. The summed E-state index contributed by atoms with van der Waals surface area (Å²) < 4.78 is 35.9. The third kappa shape index (κ3) is 5.52. The molecule has 0 unspecified atom stereocenters. The highest BCUT2D eigenvalue weighted by molar-refractivity contribution is 7.91. The predicted octanol–water partition coefficient (Wildman–Crippen LogP) is 4.22. The van der Waals surface area contributed by atoms with Gasteiger partial charge in [-0.15, -0.1) is 0 Å². The van der Waals surface area contributed by atoms with Crippen molar-refractivity contribution in [2.24, 2.45) is 5.92 Å². The molecule has 32 heavy (non-hydrogen) atoms. The van der Waals surface area contributed by atoms with E-state index in [9.17, 15) is 23.1 Å². The molecule has 0 aromatic heterocycles. The normalized spacial score (nSPS) is 14.2. The van der Waals surface area contributed by atoms with E-state index in [4.69, 9.17) is 16.3 Å². The molecule has 2 N–H and O–H groups in total. The van der Waals surface area contributed by atoms with Crippen LogP contribution < -0.4 is 10.1 Å². The number of hydrogen-bond donors (Lipinski definition) is 2. The van der Waals surface area contributed by atoms with E-state index in [1.165, 1.54) is 24.3 Å². The molecule has 0 radical (unpaired) electrons. The molecule has 8 nitrogen and oxygen atoms in total. The first-order valence-electron chi connectivity index (χ1n) is 10.0. The van der Waals surface area contributed by atoms with Crippen LogP contribution in [0.1, 0.15) is 31.2 Å². The number of nitrogens with one attached hydrogen (secondary N) is 1. The summed E-state index contributed by atoms with van der Waals surface area (Å²) in [6, 6.07) is 6.92. The molecule has 0 spiro atoms. The minimum absolute atomic E-state index is 0.0155. The number of phenols is 1. The lowest BCUT2D eigenvalue weighted by molar-refractivity contribution is -0.150. The SMILES string of the molecule is COC(=O)C(=O)Nc1cc(C)c(Oc2ccc(O)c(S(=O)(=O)CC3CCCC3)c2)c(Cl)c1. The first kappa shape index (κ1) is 23.9. The topological polar surface area (TPSA) is 119 Å². The van der Waals surface area contributed by atoms with Gasteiger partial charge in [-0.05, 0) is 55.5 Å². The van der Waals surface area contributed by atoms with E-state index < -0.39 is 21.7 Å². The number of halogens is 1. The molecule has 0 atom stereocenters. The van der Waals surface area contributed by atoms with Crippen LogP contribution in [-0.4, -0.2) is 38.3 Å². The number of rotatable bonds is 6. The second-order valence-electron chi connectivity index (χ2n) is 7.71. The number of carbonyl (C=O) groups is 2. The molecule has 0 aliphatic heterocycles. The standard InChI is InChI=1S/C22H24ClNO7S/c1-13-9-15(24-21(26)22(27)30-2)10-17(23)20(13)31-16-7-8-18(25)19(11-16)32(28,29)12-14-5-3-4-6-14/h7-11,14,25H,3-6,12H2,1-2H3,(H,24,26). The molecule has 2 aromatic rings. The average molecular weight is 482 g/mol. The van der Waals surface area contributed by atoms with E-state index in [1.807, 2.05) is 0 Å². The van der Waals surface area contributed by atoms with Gasteiger partial charge in [0.2, 0.25) is 0 Å². The molecule has 2 aromatic carbocycles. The Morgan fingerprint density at radius 3 is 2.50 bits per heavy atom. The summed E-state index contributed by atoms with van der Waals surface area (Å²) in [5.74, 6) is -1.83. The molecular weight excluding hydrogens is 458 g/mol. The van der Waals surface area contributed by atoms with Crippen LogP contribution in [0.2, 0.25) is 5.02 Å². The Morgan fingerprint density at radius 1 is 1.19 bits per heavy atom. The second kappa shape index (κ2) is 9.79. The van der Waals surface area contributed by atoms with Crippen LogP contribution >= 0.6 is 11.6 Å². The van der Waals surface area contributed by atoms with Gasteiger partial charge in [0.15, 0.2) is 9.84 Å². The Kier molecular flexibility index (Phi) is 7.30. The summed E-state index contributed by atoms with van der Waals surface area (Å²) >= 11 is 6.30. The number of aryl methyl sites for hydroxylation is 1. The monoisotopic (exact) mass is 481 g/mol. The number of carbonyl (C=O) groups excluding carboxylic acids is 2. The number of hydrogen-bond acceptors (Lipinski definition) is 7. The number of amides is 1. The number of aromatic hydroxyl groups is 1. The number of phenolic OH excluding ortho intramolecular Hbond substituents is 1. The van der Waals surface area contributed by atoms with Gasteiger partial charge in [0, 0.05) is 11.8 Å². The summed E-state index contributed by atoms with van der Waals surface area (Å²) in [7, 11) is -2.60. The highest BCUT2D eigenvalue weighted by Crippen LogP contribution is 2.38. The number of ether oxygens (including phenoxy) is 2. The van der Waals surface area contributed by atoms with Crippen molar-refractivity contribution in [2.45, 2.75) is 37.5 Å². The van der Waals surface area contributed by atoms with Gasteiger partial charge in [0.25, 0.3) is 0 Å². The zero-order valence-corrected chi connectivity index (χ0v) is 19.3. The van der Waals surface area contributed by atoms with Crippen LogP contribution in [0, 0.1) is 12.8 Å². The van der Waals surface area contributed by atoms with Crippen molar-refractivity contribution in [3.63, 3.8) is 0 Å². The fraction of sp³-hybridized carbons (Fsp3) is 0.364. The van der Waals surface area contributed by atoms with E-state index in [0.717, 1.165) is 32.8 Å². The Labute approximate surface area is 191 Å². The predicted molar refractivity (Wildman–Crippen MR) is 119 cm³/mol. The van der Waals surface area contributed by atoms with Crippen molar-refractivity contribution in [1.82, 2.24) is 0 Å². The van der Waals surface area contributed by atoms with Gasteiger partial charge >= 0.3 is 11.9 Å². The van der Waals surface area contributed by atoms with Gasteiger partial charge in [-0.2, -0.15) is 0 Å². The first-order valence-corrected chi connectivity index (χ1v) is 12.1. The third-order valence-corrected chi connectivity index (χ3v) is 7.46. The first-order chi connectivity index (χ1) is 15.1. The fourth-order valence-corrected chi connectivity index (χ4v) is 5.83. The number of benzene rings is 2. The Morgan fingerprint density at radius 2 is 1.88 bits per heavy atom. The van der Waals surface area contributed by atoms with E-state index in [2.05, 4.69) is 10.1 Å². The maximum absolute atomic E-state index is 12.9. The molecule has 1 aliphatic rings. The van der Waals surface area contributed by atoms with Crippen LogP contribution in [0.4, 0.5) is 5.69 Å². The molecule has 0 bridgehead atoms. The average Bonchev–Trinajstić information content (AvgIpc) is 3.23. The molecular formula is C22H24ClNO7S. The minimum Gasteiger partial charge on any atom is -0.507 e. The number of anilines is 1. The van der Waals surface area contributed by atoms with Gasteiger partial charge in [-0.3, -0.25) is 4.79 Å². The van der Waals surface area contributed by atoms with Crippen LogP contribution in [0.3, 0.4) is 0 Å². The van der Waals surface area contributed by atoms with E-state index in [0.29, 0.717) is 5.56 Å². The lowest BCUT2D eigenvalue weighted by Crippen LogP contribution is -2.23. The fourth-order valence-electron chi connectivity index (χ4n) is 3.71. The maximum Gasteiger partial charge on any atom is 0.396 e. The van der Waals surface area contributed by atoms with E-state index in [1.54, 1.807) is 13.0 Å². The largest absolute Gasteiger partial charge is 0.507 e. The van der Waals surface area contributed by atoms with Crippen LogP contribution in [0.25, 0.3) is 0 Å². The molecule has 10 heteroatoms. The van der Waals surface area contributed by atoms with Crippen LogP contribution in [-0.2, 0) is 24.2 Å². The van der Waals surface area contributed by atoms with Crippen LogP contribution in [0.5, 0.6) is 17.2 Å². The van der Waals surface area contributed by atoms with Crippen molar-refractivity contribution >= 4 is 39.0 Å². The molecule has 1 aliphatic carbocycles. The highest BCUT2D eigenvalue weighted by atomic mass is 35.5. The van der Waals surface area contributed by atoms with E-state index in [-0.39, 0.29) is 44.5 Å². The van der Waals surface area contributed by atoms with E-state index >= 15 is 0 Å². The summed E-state index contributed by atoms with van der Waals surface area (Å²) in [4.78, 5) is 22.8. The Hall–Kier alpha value is -2.78. The van der Waals surface area contributed by atoms with Gasteiger partial charge in [-0.1, -0.05) is 24.4 Å². The number of methoxy groups -OCH3 is 1. The smallest absolute Gasteiger partial charge is 0.396 e. The van der Waals surface area contributed by atoms with Crippen molar-refractivity contribution in [1.29, 1.82) is 0 Å². The van der Waals surface area contributed by atoms with Gasteiger partial charge < -0.3 is 19.9 Å². The summed E-state index contributed by atoms with van der Waals surface area (Å²) in [5.41, 5.74) is 0.793. The third-order valence-electron chi connectivity index (χ3n) is 5.27. The number of esters is 1. The zero-order chi connectivity index (χ0) is 23.5. The summed E-state index contributed by atoms with van der Waals surface area (Å²) in [5, 5.41) is 12.7. The number of sulfone groups is 1. The molecule has 0 heterocycles. The summed E-state index contributed by atoms with van der Waals surface area (Å²) in [6.07, 6.45) is 3.76. The van der Waals surface area contributed by atoms with Crippen molar-refractivity contribution in [2.75, 3.05) is 18.2 Å². The lowest BCUT2D eigenvalue weighted by atomic mass is 10.1. The second-order valence-corrected chi connectivity index (χ2v) is 10.1. The maximum atomic E-state index is 12.9. The molecule has 172 valence electrons. The van der Waals surface area contributed by atoms with Gasteiger partial charge in [-0.25, -0.2) is 13.2 Å². The highest BCUT2D eigenvalue weighted by Gasteiger charge is 2.27. The van der Waals surface area contributed by atoms with Crippen molar-refractivity contribution < 1.29 is 32.6 Å². The molecule has 0 saturated heterocycles. The minimum atomic E-state index is -3.69. The molecule has 1 fully saturated rings. The van der Waals surface area contributed by atoms with Crippen LogP contribution in [0.15, 0.2) is 35.2 Å². The Bertz CT molecular complexity index is 1120. The Balaban J connectivity index is 1.83. The van der Waals surface area contributed by atoms with Crippen molar-refractivity contribution in [3.05, 3.63) is 40.9 Å². The molecule has 1 amide bonds. The quantitative estimate of drug-likeness (QED) is 0.468. The van der Waals surface area contributed by atoms with Gasteiger partial charge in [0.05, 0.1) is 17.9 Å². The molecule has 3 rings (SSSR count). The van der Waals surface area contributed by atoms with Gasteiger partial charge in [0.1, 0.15) is 22.1 Å². The summed E-state index contributed by atoms with van der Waals surface area (Å²) in [6.45, 7) is 1.67. The van der Waals surface area contributed by atoms with Crippen molar-refractivity contribution in [3.8, 4) is 17.2 Å².